The van der Waals surface area contributed by atoms with Gasteiger partial charge in [-0.25, -0.2) is 0 Å². The van der Waals surface area contributed by atoms with E-state index in [9.17, 15) is 9.90 Å². The molecule has 0 aliphatic rings. The highest BCUT2D eigenvalue weighted by atomic mass is 35.5. The number of amides is 1. The molecule has 0 aromatic heterocycles. The standard InChI is InChI=1S/C11H14Cl2N2O2.ClH/c1-6(14)11(17)15-5-9(16)10-7(12)3-2-4-8(10)13;/h2-4,6,9,16H,5,14H2,1H3,(H,15,17);1H/t6-,9?;/m0./s1. The molecule has 0 heterocycles. The molecule has 0 aliphatic heterocycles. The molecule has 0 bridgehead atoms. The summed E-state index contributed by atoms with van der Waals surface area (Å²) in [6.07, 6.45) is -0.959. The molecule has 1 unspecified atom stereocenters. The van der Waals surface area contributed by atoms with E-state index in [1.165, 1.54) is 0 Å². The van der Waals surface area contributed by atoms with Crippen LogP contribution in [-0.2, 0) is 4.79 Å². The third-order valence-electron chi connectivity index (χ3n) is 2.22. The van der Waals surface area contributed by atoms with Gasteiger partial charge in [0, 0.05) is 22.2 Å². The van der Waals surface area contributed by atoms with Gasteiger partial charge >= 0.3 is 0 Å². The van der Waals surface area contributed by atoms with Crippen LogP contribution in [0, 0.1) is 0 Å². The number of benzene rings is 1. The Morgan fingerprint density at radius 1 is 1.44 bits per heavy atom. The quantitative estimate of drug-likeness (QED) is 0.795. The van der Waals surface area contributed by atoms with Crippen LogP contribution in [0.3, 0.4) is 0 Å². The normalized spacial score (nSPS) is 13.4. The summed E-state index contributed by atoms with van der Waals surface area (Å²) in [6, 6.07) is 4.31. The number of nitrogens with two attached hydrogens (primary N) is 1. The second-order valence-electron chi connectivity index (χ2n) is 3.68. The third-order valence-corrected chi connectivity index (χ3v) is 2.88. The average molecular weight is 314 g/mol. The Morgan fingerprint density at radius 3 is 2.39 bits per heavy atom. The Morgan fingerprint density at radius 2 is 1.94 bits per heavy atom. The monoisotopic (exact) mass is 312 g/mol. The van der Waals surface area contributed by atoms with Crippen molar-refractivity contribution in [3.05, 3.63) is 33.8 Å². The highest BCUT2D eigenvalue weighted by Gasteiger charge is 2.17. The Hall–Kier alpha value is -0.520. The third kappa shape index (κ3) is 4.63. The van der Waals surface area contributed by atoms with Gasteiger partial charge in [-0.1, -0.05) is 29.3 Å². The molecule has 0 aliphatic carbocycles. The highest BCUT2D eigenvalue weighted by molar-refractivity contribution is 6.36. The van der Waals surface area contributed by atoms with Gasteiger partial charge in [-0.3, -0.25) is 4.79 Å². The van der Waals surface area contributed by atoms with Crippen molar-refractivity contribution in [2.75, 3.05) is 6.54 Å². The van der Waals surface area contributed by atoms with Crippen molar-refractivity contribution in [3.63, 3.8) is 0 Å². The van der Waals surface area contributed by atoms with Gasteiger partial charge in [0.1, 0.15) is 0 Å². The van der Waals surface area contributed by atoms with Crippen molar-refractivity contribution in [2.24, 2.45) is 5.73 Å². The van der Waals surface area contributed by atoms with Crippen molar-refractivity contribution in [2.45, 2.75) is 19.1 Å². The lowest BCUT2D eigenvalue weighted by Gasteiger charge is -2.16. The van der Waals surface area contributed by atoms with Crippen LogP contribution in [0.1, 0.15) is 18.6 Å². The molecule has 4 N–H and O–H groups in total. The van der Waals surface area contributed by atoms with Crippen LogP contribution in [-0.4, -0.2) is 23.6 Å². The van der Waals surface area contributed by atoms with Crippen LogP contribution in [0.15, 0.2) is 18.2 Å². The fourth-order valence-electron chi connectivity index (χ4n) is 1.29. The number of rotatable bonds is 4. The number of aliphatic hydroxyl groups is 1. The first-order chi connectivity index (χ1) is 7.93. The predicted octanol–water partition coefficient (Wildman–Crippen LogP) is 1.91. The summed E-state index contributed by atoms with van der Waals surface area (Å²) in [7, 11) is 0. The van der Waals surface area contributed by atoms with Crippen LogP contribution in [0.5, 0.6) is 0 Å². The minimum Gasteiger partial charge on any atom is -0.386 e. The van der Waals surface area contributed by atoms with Gasteiger partial charge in [0.2, 0.25) is 5.91 Å². The average Bonchev–Trinajstić information content (AvgIpc) is 2.25. The molecule has 18 heavy (non-hydrogen) atoms. The first-order valence-corrected chi connectivity index (χ1v) is 5.84. The maximum Gasteiger partial charge on any atom is 0.236 e. The Labute approximate surface area is 122 Å². The molecular weight excluding hydrogens is 298 g/mol. The van der Waals surface area contributed by atoms with Crippen molar-refractivity contribution >= 4 is 41.5 Å². The highest BCUT2D eigenvalue weighted by Crippen LogP contribution is 2.29. The van der Waals surface area contributed by atoms with Crippen LogP contribution in [0.25, 0.3) is 0 Å². The molecule has 0 fully saturated rings. The zero-order valence-electron chi connectivity index (χ0n) is 9.69. The summed E-state index contributed by atoms with van der Waals surface area (Å²) in [5.41, 5.74) is 5.78. The first-order valence-electron chi connectivity index (χ1n) is 5.08. The fourth-order valence-corrected chi connectivity index (χ4v) is 1.94. The Bertz CT molecular complexity index is 393. The Kier molecular flexibility index (Phi) is 7.59. The second kappa shape index (κ2) is 7.81. The summed E-state index contributed by atoms with van der Waals surface area (Å²) < 4.78 is 0. The molecule has 0 saturated heterocycles. The zero-order chi connectivity index (χ0) is 13.0. The molecule has 1 amide bonds. The van der Waals surface area contributed by atoms with Crippen molar-refractivity contribution in [1.29, 1.82) is 0 Å². The number of carbonyl (C=O) groups excluding carboxylic acids is 1. The second-order valence-corrected chi connectivity index (χ2v) is 4.50. The van der Waals surface area contributed by atoms with Crippen LogP contribution >= 0.6 is 35.6 Å². The minimum atomic E-state index is -0.959. The maximum absolute atomic E-state index is 11.2. The number of carbonyl (C=O) groups is 1. The predicted molar refractivity (Wildman–Crippen MR) is 75.3 cm³/mol. The molecule has 7 heteroatoms. The van der Waals surface area contributed by atoms with Crippen molar-refractivity contribution in [1.82, 2.24) is 5.32 Å². The molecule has 4 nitrogen and oxygen atoms in total. The van der Waals surface area contributed by atoms with E-state index in [1.807, 2.05) is 0 Å². The zero-order valence-corrected chi connectivity index (χ0v) is 12.0. The minimum absolute atomic E-state index is 0. The molecule has 1 aromatic rings. The maximum atomic E-state index is 11.2. The summed E-state index contributed by atoms with van der Waals surface area (Å²) >= 11 is 11.8. The van der Waals surface area contributed by atoms with Crippen LogP contribution in [0.2, 0.25) is 10.0 Å². The van der Waals surface area contributed by atoms with Gasteiger partial charge in [-0.15, -0.1) is 12.4 Å². The lowest BCUT2D eigenvalue weighted by atomic mass is 10.1. The summed E-state index contributed by atoms with van der Waals surface area (Å²) in [6.45, 7) is 1.58. The van der Waals surface area contributed by atoms with Crippen LogP contribution in [0.4, 0.5) is 0 Å². The van der Waals surface area contributed by atoms with Crippen molar-refractivity contribution < 1.29 is 9.90 Å². The van der Waals surface area contributed by atoms with E-state index in [0.29, 0.717) is 15.6 Å². The summed E-state index contributed by atoms with van der Waals surface area (Å²) in [5.74, 6) is -0.341. The van der Waals surface area contributed by atoms with E-state index in [-0.39, 0.29) is 24.9 Å². The van der Waals surface area contributed by atoms with E-state index < -0.39 is 12.1 Å². The van der Waals surface area contributed by atoms with Gasteiger partial charge in [0.05, 0.1) is 12.1 Å². The fraction of sp³-hybridized carbons (Fsp3) is 0.364. The van der Waals surface area contributed by atoms with Gasteiger partial charge < -0.3 is 16.2 Å². The first kappa shape index (κ1) is 17.5. The number of aliphatic hydroxyl groups excluding tert-OH is 1. The van der Waals surface area contributed by atoms with Gasteiger partial charge in [-0.2, -0.15) is 0 Å². The molecule has 102 valence electrons. The molecule has 0 saturated carbocycles. The number of halogens is 3. The number of hydrogen-bond acceptors (Lipinski definition) is 3. The largest absolute Gasteiger partial charge is 0.386 e. The van der Waals surface area contributed by atoms with Gasteiger partial charge in [-0.05, 0) is 19.1 Å². The lowest BCUT2D eigenvalue weighted by Crippen LogP contribution is -2.40. The Balaban J connectivity index is 0.00000289. The van der Waals surface area contributed by atoms with E-state index >= 15 is 0 Å². The number of hydrogen-bond donors (Lipinski definition) is 3. The summed E-state index contributed by atoms with van der Waals surface area (Å²) in [5, 5.41) is 13.1. The van der Waals surface area contributed by atoms with E-state index in [1.54, 1.807) is 25.1 Å². The number of nitrogens with one attached hydrogen (secondary N) is 1. The smallest absolute Gasteiger partial charge is 0.236 e. The van der Waals surface area contributed by atoms with E-state index in [0.717, 1.165) is 0 Å². The van der Waals surface area contributed by atoms with E-state index in [2.05, 4.69) is 5.32 Å². The van der Waals surface area contributed by atoms with Crippen LogP contribution < -0.4 is 11.1 Å². The van der Waals surface area contributed by atoms with Gasteiger partial charge in [0.25, 0.3) is 0 Å². The molecule has 0 spiro atoms. The molecule has 2 atom stereocenters. The van der Waals surface area contributed by atoms with E-state index in [4.69, 9.17) is 28.9 Å². The molecule has 1 rings (SSSR count). The molecule has 1 aromatic carbocycles. The SMILES string of the molecule is C[C@H](N)C(=O)NCC(O)c1c(Cl)cccc1Cl.Cl. The summed E-state index contributed by atoms with van der Waals surface area (Å²) in [4.78, 5) is 11.2. The molecular formula is C11H15Cl3N2O2. The molecule has 0 radical (unpaired) electrons. The topological polar surface area (TPSA) is 75.4 Å². The van der Waals surface area contributed by atoms with Gasteiger partial charge in [0.15, 0.2) is 0 Å². The lowest BCUT2D eigenvalue weighted by molar-refractivity contribution is -0.122. The van der Waals surface area contributed by atoms with Crippen molar-refractivity contribution in [3.8, 4) is 0 Å².